The van der Waals surface area contributed by atoms with Crippen LogP contribution in [0.2, 0.25) is 0 Å². The molecule has 0 bridgehead atoms. The summed E-state index contributed by atoms with van der Waals surface area (Å²) in [5.74, 6) is 1.43. The van der Waals surface area contributed by atoms with Crippen LogP contribution in [0.4, 0.5) is 0 Å². The van der Waals surface area contributed by atoms with Gasteiger partial charge in [-0.05, 0) is 33.8 Å². The van der Waals surface area contributed by atoms with Crippen LogP contribution in [0.1, 0.15) is 9.67 Å². The van der Waals surface area contributed by atoms with Crippen LogP contribution < -0.4 is 10.6 Å². The first-order chi connectivity index (χ1) is 7.25. The second-order valence-electron chi connectivity index (χ2n) is 4.11. The Morgan fingerprint density at radius 1 is 1.50 bits per heavy atom. The van der Waals surface area contributed by atoms with Crippen LogP contribution >= 0.6 is 39.7 Å². The minimum Gasteiger partial charge on any atom is -0.348 e. The van der Waals surface area contributed by atoms with Crippen LogP contribution in [0.15, 0.2) is 15.9 Å². The lowest BCUT2D eigenvalue weighted by Crippen LogP contribution is -2.32. The summed E-state index contributed by atoms with van der Waals surface area (Å²) in [6, 6.07) is 2.29. The molecule has 16 heavy (non-hydrogen) atoms. The zero-order valence-electron chi connectivity index (χ0n) is 8.40. The predicted molar refractivity (Wildman–Crippen MR) is 70.4 cm³/mol. The average molecular weight is 324 g/mol. The molecule has 1 aliphatic heterocycles. The van der Waals surface area contributed by atoms with Gasteiger partial charge in [0.15, 0.2) is 0 Å². The van der Waals surface area contributed by atoms with E-state index in [1.165, 1.54) is 11.3 Å². The molecular formula is C10H12BrClN2OS. The summed E-state index contributed by atoms with van der Waals surface area (Å²) >= 11 is 4.83. The normalized spacial score (nSPS) is 30.4. The highest BCUT2D eigenvalue weighted by Gasteiger charge is 2.53. The molecule has 0 aromatic carbocycles. The van der Waals surface area contributed by atoms with Gasteiger partial charge in [0.1, 0.15) is 0 Å². The van der Waals surface area contributed by atoms with Crippen LogP contribution in [0.3, 0.4) is 0 Å². The third kappa shape index (κ3) is 2.14. The van der Waals surface area contributed by atoms with Crippen molar-refractivity contribution in [3.05, 3.63) is 20.8 Å². The second-order valence-corrected chi connectivity index (χ2v) is 5.94. The number of amides is 1. The molecule has 1 saturated carbocycles. The highest BCUT2D eigenvalue weighted by molar-refractivity contribution is 9.10. The van der Waals surface area contributed by atoms with E-state index in [1.807, 2.05) is 11.4 Å². The Balaban J connectivity index is 0.000000963. The highest BCUT2D eigenvalue weighted by Crippen LogP contribution is 2.41. The molecule has 2 heterocycles. The van der Waals surface area contributed by atoms with E-state index in [9.17, 15) is 4.79 Å². The fourth-order valence-electron chi connectivity index (χ4n) is 2.29. The summed E-state index contributed by atoms with van der Waals surface area (Å²) < 4.78 is 0.982. The van der Waals surface area contributed by atoms with Crippen molar-refractivity contribution in [1.82, 2.24) is 10.6 Å². The van der Waals surface area contributed by atoms with Gasteiger partial charge in [0.05, 0.1) is 4.88 Å². The molecule has 6 heteroatoms. The molecule has 1 saturated heterocycles. The Morgan fingerprint density at radius 3 is 2.75 bits per heavy atom. The number of carbonyl (C=O) groups is 1. The number of rotatable bonds is 2. The zero-order chi connectivity index (χ0) is 10.4. The van der Waals surface area contributed by atoms with Gasteiger partial charge >= 0.3 is 0 Å². The lowest BCUT2D eigenvalue weighted by Gasteiger charge is -2.05. The van der Waals surface area contributed by atoms with Gasteiger partial charge in [0, 0.05) is 29.0 Å². The molecule has 2 N–H and O–H groups in total. The first-order valence-electron chi connectivity index (χ1n) is 5.01. The van der Waals surface area contributed by atoms with Gasteiger partial charge in [-0.25, -0.2) is 0 Å². The maximum Gasteiger partial charge on any atom is 0.261 e. The van der Waals surface area contributed by atoms with E-state index in [-0.39, 0.29) is 18.3 Å². The van der Waals surface area contributed by atoms with Gasteiger partial charge in [-0.3, -0.25) is 4.79 Å². The molecule has 2 fully saturated rings. The van der Waals surface area contributed by atoms with Crippen molar-refractivity contribution < 1.29 is 4.79 Å². The monoisotopic (exact) mass is 322 g/mol. The summed E-state index contributed by atoms with van der Waals surface area (Å²) in [6.07, 6.45) is 0. The highest BCUT2D eigenvalue weighted by atomic mass is 79.9. The van der Waals surface area contributed by atoms with Crippen molar-refractivity contribution in [1.29, 1.82) is 0 Å². The summed E-state index contributed by atoms with van der Waals surface area (Å²) in [5, 5.41) is 8.34. The van der Waals surface area contributed by atoms with E-state index in [2.05, 4.69) is 26.6 Å². The van der Waals surface area contributed by atoms with Gasteiger partial charge in [-0.1, -0.05) is 0 Å². The SMILES string of the molecule is Cl.O=C(NC1C2CNCC21)c1cc(Br)cs1. The Bertz CT molecular complexity index is 401. The van der Waals surface area contributed by atoms with Crippen molar-refractivity contribution >= 4 is 45.6 Å². The molecule has 0 radical (unpaired) electrons. The number of thiophene rings is 1. The summed E-state index contributed by atoms with van der Waals surface area (Å²) in [7, 11) is 0. The molecule has 3 nitrogen and oxygen atoms in total. The smallest absolute Gasteiger partial charge is 0.261 e. The number of piperidine rings is 1. The van der Waals surface area contributed by atoms with Gasteiger partial charge < -0.3 is 10.6 Å². The number of hydrogen-bond acceptors (Lipinski definition) is 3. The zero-order valence-corrected chi connectivity index (χ0v) is 11.6. The molecule has 2 unspecified atom stereocenters. The molecule has 1 aliphatic carbocycles. The molecule has 0 spiro atoms. The van der Waals surface area contributed by atoms with Crippen LogP contribution in [0.5, 0.6) is 0 Å². The Kier molecular flexibility index (Phi) is 3.59. The molecule has 1 aromatic heterocycles. The fourth-order valence-corrected chi connectivity index (χ4v) is 3.62. The van der Waals surface area contributed by atoms with Gasteiger partial charge in [0.2, 0.25) is 0 Å². The van der Waals surface area contributed by atoms with E-state index in [4.69, 9.17) is 0 Å². The van der Waals surface area contributed by atoms with Gasteiger partial charge in [-0.2, -0.15) is 0 Å². The van der Waals surface area contributed by atoms with Crippen molar-refractivity contribution in [2.45, 2.75) is 6.04 Å². The first-order valence-corrected chi connectivity index (χ1v) is 6.68. The number of carbonyl (C=O) groups excluding carboxylic acids is 1. The van der Waals surface area contributed by atoms with E-state index >= 15 is 0 Å². The Morgan fingerprint density at radius 2 is 2.19 bits per heavy atom. The number of nitrogens with one attached hydrogen (secondary N) is 2. The molecular weight excluding hydrogens is 312 g/mol. The minimum absolute atomic E-state index is 0. The summed E-state index contributed by atoms with van der Waals surface area (Å²) in [5.41, 5.74) is 0. The van der Waals surface area contributed by atoms with E-state index in [0.717, 1.165) is 22.4 Å². The third-order valence-corrected chi connectivity index (χ3v) is 4.87. The van der Waals surface area contributed by atoms with Crippen molar-refractivity contribution in [3.63, 3.8) is 0 Å². The largest absolute Gasteiger partial charge is 0.348 e. The average Bonchev–Trinajstić information content (AvgIpc) is 2.66. The number of fused-ring (bicyclic) bond motifs is 1. The molecule has 88 valence electrons. The third-order valence-electron chi connectivity index (χ3n) is 3.18. The standard InChI is InChI=1S/C10H11BrN2OS.ClH/c11-5-1-8(15-4-5)10(14)13-9-6-2-12-3-7(6)9;/h1,4,6-7,9,12H,2-3H2,(H,13,14);1H. The molecule has 2 atom stereocenters. The topological polar surface area (TPSA) is 41.1 Å². The van der Waals surface area contributed by atoms with Gasteiger partial charge in [0.25, 0.3) is 5.91 Å². The molecule has 1 amide bonds. The molecule has 1 aromatic rings. The maximum atomic E-state index is 11.8. The predicted octanol–water partition coefficient (Wildman–Crippen LogP) is 1.88. The fraction of sp³-hybridized carbons (Fsp3) is 0.500. The number of halogens is 2. The van der Waals surface area contributed by atoms with E-state index in [1.54, 1.807) is 0 Å². The van der Waals surface area contributed by atoms with Crippen LogP contribution in [-0.2, 0) is 0 Å². The van der Waals surface area contributed by atoms with Crippen LogP contribution in [0, 0.1) is 11.8 Å². The molecule has 3 rings (SSSR count). The maximum absolute atomic E-state index is 11.8. The summed E-state index contributed by atoms with van der Waals surface area (Å²) in [6.45, 7) is 2.12. The van der Waals surface area contributed by atoms with Crippen molar-refractivity contribution in [2.24, 2.45) is 11.8 Å². The van der Waals surface area contributed by atoms with E-state index < -0.39 is 0 Å². The van der Waals surface area contributed by atoms with Crippen LogP contribution in [-0.4, -0.2) is 25.0 Å². The quantitative estimate of drug-likeness (QED) is 0.872. The minimum atomic E-state index is 0. The second kappa shape index (κ2) is 4.64. The van der Waals surface area contributed by atoms with Crippen LogP contribution in [0.25, 0.3) is 0 Å². The van der Waals surface area contributed by atoms with Crippen molar-refractivity contribution in [3.8, 4) is 0 Å². The van der Waals surface area contributed by atoms with Crippen molar-refractivity contribution in [2.75, 3.05) is 13.1 Å². The number of hydrogen-bond donors (Lipinski definition) is 2. The van der Waals surface area contributed by atoms with E-state index in [0.29, 0.717) is 17.9 Å². The Hall–Kier alpha value is -0.100. The molecule has 2 aliphatic rings. The lowest BCUT2D eigenvalue weighted by atomic mass is 10.4. The summed E-state index contributed by atoms with van der Waals surface area (Å²) in [4.78, 5) is 12.6. The van der Waals surface area contributed by atoms with Gasteiger partial charge in [-0.15, -0.1) is 23.7 Å². The lowest BCUT2D eigenvalue weighted by molar-refractivity contribution is 0.0950. The Labute approximate surface area is 113 Å². The first kappa shape index (κ1) is 12.4.